The molecule has 3 aromatic heterocycles. The van der Waals surface area contributed by atoms with Crippen LogP contribution < -0.4 is 25.8 Å². The molecule has 0 bridgehead atoms. The van der Waals surface area contributed by atoms with Gasteiger partial charge in [-0.2, -0.15) is 10.4 Å². The Kier molecular flexibility index (Phi) is 7.06. The molecule has 38 heavy (non-hydrogen) atoms. The number of amides is 2. The van der Waals surface area contributed by atoms with Gasteiger partial charge >= 0.3 is 6.03 Å². The summed E-state index contributed by atoms with van der Waals surface area (Å²) in [6.07, 6.45) is 2.68. The number of rotatable bonds is 6. The maximum Gasteiger partial charge on any atom is 0.324 e. The molecule has 0 atom stereocenters. The fourth-order valence-corrected chi connectivity index (χ4v) is 3.26. The van der Waals surface area contributed by atoms with Gasteiger partial charge in [-0.1, -0.05) is 20.8 Å². The minimum Gasteiger partial charge on any atom is -0.481 e. The quantitative estimate of drug-likeness (QED) is 0.336. The van der Waals surface area contributed by atoms with Crippen molar-refractivity contribution in [3.63, 3.8) is 0 Å². The van der Waals surface area contributed by atoms with Crippen molar-refractivity contribution in [3.8, 4) is 29.3 Å². The number of carbonyl (C=O) groups excluding carboxylic acids is 1. The van der Waals surface area contributed by atoms with Gasteiger partial charge < -0.3 is 20.5 Å². The van der Waals surface area contributed by atoms with Gasteiger partial charge in [0, 0.05) is 23.6 Å². The molecule has 3 heterocycles. The highest BCUT2D eigenvalue weighted by Crippen LogP contribution is 2.29. The molecule has 2 amide bonds. The minimum absolute atomic E-state index is 0.0444. The van der Waals surface area contributed by atoms with Gasteiger partial charge in [-0.15, -0.1) is 0 Å². The molecule has 13 heteroatoms. The highest BCUT2D eigenvalue weighted by atomic mass is 19.1. The van der Waals surface area contributed by atoms with E-state index in [1.807, 2.05) is 26.8 Å². The average molecular weight is 518 g/mol. The second kappa shape index (κ2) is 10.4. The third kappa shape index (κ3) is 5.59. The summed E-state index contributed by atoms with van der Waals surface area (Å²) in [4.78, 5) is 24.6. The van der Waals surface area contributed by atoms with Crippen LogP contribution in [0.4, 0.5) is 26.5 Å². The van der Waals surface area contributed by atoms with Crippen LogP contribution in [-0.2, 0) is 5.41 Å². The second-order valence-electron chi connectivity index (χ2n) is 9.01. The van der Waals surface area contributed by atoms with Crippen LogP contribution in [0.25, 0.3) is 5.69 Å². The zero-order valence-corrected chi connectivity index (χ0v) is 21.0. The lowest BCUT2D eigenvalue weighted by atomic mass is 9.92. The standard InChI is InChI=1S/C25H24FN9O3/c1-25(2,3)19-10-20(35(34-19)14-5-8-21(37-4)29-12-14)33-24(36)32-18-7-6-15(9-17(18)26)38-23-16(11-27)22(28)30-13-31-23/h5-10,12-13H,1-4H3,(H2,28,30,31)(H2,32,33,36). The Bertz CT molecular complexity index is 1520. The van der Waals surface area contributed by atoms with Gasteiger partial charge in [0.1, 0.15) is 35.6 Å². The summed E-state index contributed by atoms with van der Waals surface area (Å²) in [7, 11) is 1.51. The number of nitrogens with zero attached hydrogens (tertiary/aromatic N) is 6. The molecule has 0 radical (unpaired) electrons. The van der Waals surface area contributed by atoms with Crippen LogP contribution in [0.15, 0.2) is 48.9 Å². The molecule has 0 aliphatic carbocycles. The lowest BCUT2D eigenvalue weighted by Gasteiger charge is -2.14. The number of urea groups is 1. The molecule has 0 fully saturated rings. The first kappa shape index (κ1) is 25.8. The lowest BCUT2D eigenvalue weighted by Crippen LogP contribution is -2.22. The number of hydrogen-bond acceptors (Lipinski definition) is 9. The number of pyridine rings is 1. The molecular formula is C25H24FN9O3. The molecule has 0 aliphatic heterocycles. The van der Waals surface area contributed by atoms with E-state index in [-0.39, 0.29) is 34.1 Å². The van der Waals surface area contributed by atoms with E-state index in [2.05, 4.69) is 30.7 Å². The van der Waals surface area contributed by atoms with Gasteiger partial charge in [-0.05, 0) is 18.2 Å². The van der Waals surface area contributed by atoms with Gasteiger partial charge in [-0.3, -0.25) is 5.32 Å². The van der Waals surface area contributed by atoms with E-state index >= 15 is 0 Å². The third-order valence-electron chi connectivity index (χ3n) is 5.25. The number of hydrogen-bond donors (Lipinski definition) is 3. The Morgan fingerprint density at radius 3 is 2.55 bits per heavy atom. The van der Waals surface area contributed by atoms with Crippen molar-refractivity contribution in [1.29, 1.82) is 5.26 Å². The Hall–Kier alpha value is -5.25. The van der Waals surface area contributed by atoms with E-state index in [1.165, 1.54) is 23.9 Å². The summed E-state index contributed by atoms with van der Waals surface area (Å²) < 4.78 is 26.9. The molecule has 0 saturated carbocycles. The van der Waals surface area contributed by atoms with E-state index in [4.69, 9.17) is 15.2 Å². The Morgan fingerprint density at radius 1 is 1.13 bits per heavy atom. The number of halogens is 1. The van der Waals surface area contributed by atoms with E-state index in [0.29, 0.717) is 17.4 Å². The summed E-state index contributed by atoms with van der Waals surface area (Å²) in [6.45, 7) is 5.97. The maximum atomic E-state index is 14.8. The normalized spacial score (nSPS) is 10.9. The topological polar surface area (TPSA) is 166 Å². The maximum absolute atomic E-state index is 14.8. The number of anilines is 3. The fourth-order valence-electron chi connectivity index (χ4n) is 3.26. The van der Waals surface area contributed by atoms with Crippen LogP contribution >= 0.6 is 0 Å². The summed E-state index contributed by atoms with van der Waals surface area (Å²) in [5.74, 6) is -0.130. The summed E-state index contributed by atoms with van der Waals surface area (Å²) in [5.41, 5.74) is 6.47. The van der Waals surface area contributed by atoms with Crippen molar-refractivity contribution >= 4 is 23.4 Å². The summed E-state index contributed by atoms with van der Waals surface area (Å²) in [6, 6.07) is 10.1. The van der Waals surface area contributed by atoms with Crippen molar-refractivity contribution in [1.82, 2.24) is 24.7 Å². The van der Waals surface area contributed by atoms with Gasteiger partial charge in [-0.25, -0.2) is 28.8 Å². The first-order chi connectivity index (χ1) is 18.1. The van der Waals surface area contributed by atoms with Crippen LogP contribution in [0.3, 0.4) is 0 Å². The molecule has 0 unspecified atom stereocenters. The predicted molar refractivity (Wildman–Crippen MR) is 137 cm³/mol. The molecule has 194 valence electrons. The van der Waals surface area contributed by atoms with Crippen LogP contribution in [0.2, 0.25) is 0 Å². The fraction of sp³-hybridized carbons (Fsp3) is 0.200. The predicted octanol–water partition coefficient (Wildman–Crippen LogP) is 4.39. The molecule has 0 saturated heterocycles. The van der Waals surface area contributed by atoms with Crippen LogP contribution in [0.1, 0.15) is 32.0 Å². The van der Waals surface area contributed by atoms with E-state index < -0.39 is 11.8 Å². The number of benzene rings is 1. The first-order valence-electron chi connectivity index (χ1n) is 11.3. The van der Waals surface area contributed by atoms with Crippen molar-refractivity contribution in [2.75, 3.05) is 23.5 Å². The SMILES string of the molecule is COc1ccc(-n2nc(C(C)(C)C)cc2NC(=O)Nc2ccc(Oc3ncnc(N)c3C#N)cc2F)cn1. The second-order valence-corrected chi connectivity index (χ2v) is 9.01. The Balaban J connectivity index is 1.53. The molecule has 0 spiro atoms. The average Bonchev–Trinajstić information content (AvgIpc) is 3.30. The monoisotopic (exact) mass is 517 g/mol. The molecule has 4 rings (SSSR count). The van der Waals surface area contributed by atoms with E-state index in [0.717, 1.165) is 18.1 Å². The highest BCUT2D eigenvalue weighted by molar-refractivity contribution is 5.99. The number of aromatic nitrogens is 5. The van der Waals surface area contributed by atoms with Gasteiger partial charge in [0.15, 0.2) is 5.56 Å². The molecule has 0 aliphatic rings. The van der Waals surface area contributed by atoms with E-state index in [9.17, 15) is 14.4 Å². The number of carbonyl (C=O) groups is 1. The van der Waals surface area contributed by atoms with Gasteiger partial charge in [0.2, 0.25) is 11.8 Å². The first-order valence-corrected chi connectivity index (χ1v) is 11.3. The van der Waals surface area contributed by atoms with Crippen LogP contribution in [0, 0.1) is 17.1 Å². The molecule has 4 N–H and O–H groups in total. The Labute approximate surface area is 217 Å². The zero-order chi connectivity index (χ0) is 27.4. The number of nitrogens with one attached hydrogen (secondary N) is 2. The molecule has 4 aromatic rings. The zero-order valence-electron chi connectivity index (χ0n) is 21.0. The number of methoxy groups -OCH3 is 1. The molecule has 12 nitrogen and oxygen atoms in total. The van der Waals surface area contributed by atoms with Crippen LogP contribution in [-0.4, -0.2) is 37.9 Å². The van der Waals surface area contributed by atoms with Crippen molar-refractivity contribution in [3.05, 3.63) is 66.0 Å². The molecule has 1 aromatic carbocycles. The van der Waals surface area contributed by atoms with Crippen molar-refractivity contribution in [2.24, 2.45) is 0 Å². The number of ether oxygens (including phenoxy) is 2. The summed E-state index contributed by atoms with van der Waals surface area (Å²) >= 11 is 0. The van der Waals surface area contributed by atoms with Crippen molar-refractivity contribution in [2.45, 2.75) is 26.2 Å². The van der Waals surface area contributed by atoms with Gasteiger partial charge in [0.25, 0.3) is 0 Å². The van der Waals surface area contributed by atoms with Crippen molar-refractivity contribution < 1.29 is 18.7 Å². The van der Waals surface area contributed by atoms with Gasteiger partial charge in [0.05, 0.1) is 30.4 Å². The largest absolute Gasteiger partial charge is 0.481 e. The highest BCUT2D eigenvalue weighted by Gasteiger charge is 2.22. The molecular weight excluding hydrogens is 493 g/mol. The lowest BCUT2D eigenvalue weighted by molar-refractivity contribution is 0.262. The van der Waals surface area contributed by atoms with Crippen LogP contribution in [0.5, 0.6) is 17.5 Å². The summed E-state index contributed by atoms with van der Waals surface area (Å²) in [5, 5.41) is 19.0. The minimum atomic E-state index is -0.776. The smallest absolute Gasteiger partial charge is 0.324 e. The van der Waals surface area contributed by atoms with E-state index in [1.54, 1.807) is 24.4 Å². The third-order valence-corrected chi connectivity index (χ3v) is 5.25. The Morgan fingerprint density at radius 2 is 1.92 bits per heavy atom. The number of nitrogen functional groups attached to an aromatic ring is 1. The number of nitrogens with two attached hydrogens (primary N) is 1. The number of nitriles is 1.